The maximum atomic E-state index is 13.4. The van der Waals surface area contributed by atoms with Crippen LogP contribution in [0.15, 0.2) is 59.0 Å². The molecule has 0 unspecified atom stereocenters. The number of hydrogen-bond acceptors (Lipinski definition) is 6. The third-order valence-electron chi connectivity index (χ3n) is 5.56. The van der Waals surface area contributed by atoms with Gasteiger partial charge in [-0.15, -0.1) is 0 Å². The molecule has 1 fully saturated rings. The highest BCUT2D eigenvalue weighted by Crippen LogP contribution is 2.41. The number of rotatable bonds is 6. The summed E-state index contributed by atoms with van der Waals surface area (Å²) in [6.45, 7) is 0.527. The van der Waals surface area contributed by atoms with Crippen LogP contribution < -0.4 is 10.6 Å². The number of alkyl halides is 3. The van der Waals surface area contributed by atoms with E-state index in [1.165, 1.54) is 12.4 Å². The van der Waals surface area contributed by atoms with E-state index in [9.17, 15) is 13.2 Å². The van der Waals surface area contributed by atoms with Crippen molar-refractivity contribution >= 4 is 46.6 Å². The molecule has 12 heteroatoms. The lowest BCUT2D eigenvalue weighted by Crippen LogP contribution is -2.41. The molecule has 6 nitrogen and oxygen atoms in total. The highest BCUT2D eigenvalue weighted by Gasteiger charge is 2.36. The van der Waals surface area contributed by atoms with Gasteiger partial charge < -0.3 is 10.6 Å². The van der Waals surface area contributed by atoms with Crippen LogP contribution in [-0.2, 0) is 11.6 Å². The molecule has 1 aliphatic rings. The van der Waals surface area contributed by atoms with E-state index in [0.29, 0.717) is 11.6 Å². The fourth-order valence-corrected chi connectivity index (χ4v) is 4.93. The van der Waals surface area contributed by atoms with Crippen molar-refractivity contribution < 1.29 is 13.2 Å². The predicted molar refractivity (Wildman–Crippen MR) is 129 cm³/mol. The molecule has 2 aromatic heterocycles. The van der Waals surface area contributed by atoms with E-state index in [2.05, 4.69) is 30.6 Å². The van der Waals surface area contributed by atoms with Crippen molar-refractivity contribution in [2.24, 2.45) is 0 Å². The van der Waals surface area contributed by atoms with Crippen molar-refractivity contribution in [2.75, 3.05) is 11.9 Å². The maximum Gasteiger partial charge on any atom is 0.433 e. The lowest BCUT2D eigenvalue weighted by Gasteiger charge is -2.30. The Balaban J connectivity index is 1.49. The highest BCUT2D eigenvalue weighted by atomic mass is 35.5. The minimum Gasteiger partial charge on any atom is -0.361 e. The molecule has 0 atom stereocenters. The number of thiocarbonyl (C=S) groups is 1. The topological polar surface area (TPSA) is 75.6 Å². The summed E-state index contributed by atoms with van der Waals surface area (Å²) in [4.78, 5) is 15.8. The molecular formula is C22H20ClF3N6S2. The first-order chi connectivity index (χ1) is 16.2. The van der Waals surface area contributed by atoms with Crippen LogP contribution >= 0.6 is 35.6 Å². The molecule has 2 N–H and O–H groups in total. The van der Waals surface area contributed by atoms with Crippen LogP contribution in [0.3, 0.4) is 0 Å². The Kier molecular flexibility index (Phi) is 7.54. The number of halogens is 4. The van der Waals surface area contributed by atoms with Gasteiger partial charge in [-0.05, 0) is 60.6 Å². The Hall–Kier alpha value is -2.50. The lowest BCUT2D eigenvalue weighted by molar-refractivity contribution is -0.141. The minimum atomic E-state index is -4.65. The molecule has 3 aromatic rings. The Labute approximate surface area is 209 Å². The zero-order valence-corrected chi connectivity index (χ0v) is 20.2. The first kappa shape index (κ1) is 24.6. The van der Waals surface area contributed by atoms with Gasteiger partial charge in [0, 0.05) is 35.4 Å². The van der Waals surface area contributed by atoms with E-state index in [1.54, 1.807) is 6.07 Å². The summed E-state index contributed by atoms with van der Waals surface area (Å²) in [5, 5.41) is 6.98. The Morgan fingerprint density at radius 2 is 1.76 bits per heavy atom. The molecule has 2 heterocycles. The molecule has 0 radical (unpaired) electrons. The molecule has 1 aromatic carbocycles. The maximum absolute atomic E-state index is 13.4. The van der Waals surface area contributed by atoms with Gasteiger partial charge >= 0.3 is 6.18 Å². The second-order valence-corrected chi connectivity index (χ2v) is 9.68. The number of nitrogens with one attached hydrogen (secondary N) is 2. The average Bonchev–Trinajstić information content (AvgIpc) is 3.28. The van der Waals surface area contributed by atoms with Crippen LogP contribution in [0.4, 0.5) is 19.1 Å². The van der Waals surface area contributed by atoms with Gasteiger partial charge in [0.25, 0.3) is 0 Å². The Morgan fingerprint density at radius 3 is 2.41 bits per heavy atom. The van der Waals surface area contributed by atoms with E-state index in [4.69, 9.17) is 23.8 Å². The SMILES string of the molecule is FC(F)(F)c1cc(Sc2ncccn2)nc(NC(=S)NCC2(c3ccc(Cl)cc3)CCCC2)n1. The molecular weight excluding hydrogens is 505 g/mol. The summed E-state index contributed by atoms with van der Waals surface area (Å²) in [6.07, 6.45) is 2.47. The smallest absolute Gasteiger partial charge is 0.361 e. The molecule has 0 saturated heterocycles. The first-order valence-electron chi connectivity index (χ1n) is 10.5. The lowest BCUT2D eigenvalue weighted by atomic mass is 9.79. The second-order valence-electron chi connectivity index (χ2n) is 7.85. The van der Waals surface area contributed by atoms with E-state index < -0.39 is 11.9 Å². The summed E-state index contributed by atoms with van der Waals surface area (Å²) in [5.41, 5.74) is -0.0577. The van der Waals surface area contributed by atoms with Crippen molar-refractivity contribution in [1.29, 1.82) is 0 Å². The number of anilines is 1. The average molecular weight is 525 g/mol. The van der Waals surface area contributed by atoms with Crippen LogP contribution in [0.5, 0.6) is 0 Å². The van der Waals surface area contributed by atoms with Crippen molar-refractivity contribution in [3.63, 3.8) is 0 Å². The largest absolute Gasteiger partial charge is 0.433 e. The zero-order chi connectivity index (χ0) is 24.2. The van der Waals surface area contributed by atoms with Gasteiger partial charge in [-0.2, -0.15) is 13.2 Å². The zero-order valence-electron chi connectivity index (χ0n) is 17.8. The van der Waals surface area contributed by atoms with E-state index in [-0.39, 0.29) is 26.7 Å². The van der Waals surface area contributed by atoms with Crippen LogP contribution in [0.1, 0.15) is 36.9 Å². The van der Waals surface area contributed by atoms with Gasteiger partial charge in [-0.25, -0.2) is 19.9 Å². The summed E-state index contributed by atoms with van der Waals surface area (Å²) < 4.78 is 40.3. The predicted octanol–water partition coefficient (Wildman–Crippen LogP) is 5.89. The molecule has 0 amide bonds. The molecule has 178 valence electrons. The Bertz CT molecular complexity index is 1140. The highest BCUT2D eigenvalue weighted by molar-refractivity contribution is 7.99. The van der Waals surface area contributed by atoms with Gasteiger partial charge in [-0.3, -0.25) is 0 Å². The molecule has 1 aliphatic carbocycles. The van der Waals surface area contributed by atoms with Gasteiger partial charge in [-0.1, -0.05) is 36.6 Å². The van der Waals surface area contributed by atoms with Gasteiger partial charge in [0.05, 0.1) is 0 Å². The van der Waals surface area contributed by atoms with E-state index in [1.807, 2.05) is 24.3 Å². The first-order valence-corrected chi connectivity index (χ1v) is 12.1. The van der Waals surface area contributed by atoms with Crippen LogP contribution in [-0.4, -0.2) is 31.6 Å². The molecule has 4 rings (SSSR count). The normalized spacial score (nSPS) is 15.2. The monoisotopic (exact) mass is 524 g/mol. The standard InChI is InChI=1S/C22H20ClF3N6S2/c23-15-6-4-14(5-7-15)21(8-1-2-9-21)13-29-19(33)32-18-30-16(22(24,25)26)12-17(31-18)34-20-27-10-3-11-28-20/h3-7,10-12H,1-2,8-9,13H2,(H2,29,30,31,32,33). The number of nitrogens with zero attached hydrogens (tertiary/aromatic N) is 4. The number of hydrogen-bond donors (Lipinski definition) is 2. The second kappa shape index (κ2) is 10.4. The minimum absolute atomic E-state index is 0.0484. The molecule has 1 saturated carbocycles. The summed E-state index contributed by atoms with van der Waals surface area (Å²) in [5.74, 6) is -0.252. The van der Waals surface area contributed by atoms with Crippen molar-refractivity contribution in [2.45, 2.75) is 47.5 Å². The fraction of sp³-hybridized carbons (Fsp3) is 0.318. The van der Waals surface area contributed by atoms with Crippen molar-refractivity contribution in [3.8, 4) is 0 Å². The quantitative estimate of drug-likeness (QED) is 0.235. The van der Waals surface area contributed by atoms with Crippen LogP contribution in [0.2, 0.25) is 5.02 Å². The molecule has 0 aliphatic heterocycles. The molecule has 34 heavy (non-hydrogen) atoms. The third-order valence-corrected chi connectivity index (χ3v) is 6.87. The van der Waals surface area contributed by atoms with Gasteiger partial charge in [0.2, 0.25) is 5.95 Å². The summed E-state index contributed by atoms with van der Waals surface area (Å²) in [6, 6.07) is 10.2. The van der Waals surface area contributed by atoms with Crippen LogP contribution in [0, 0.1) is 0 Å². The number of aromatic nitrogens is 4. The fourth-order valence-electron chi connectivity index (χ4n) is 3.93. The van der Waals surface area contributed by atoms with Crippen molar-refractivity contribution in [3.05, 3.63) is 65.1 Å². The number of benzene rings is 1. The van der Waals surface area contributed by atoms with Gasteiger partial charge in [0.15, 0.2) is 16.0 Å². The Morgan fingerprint density at radius 1 is 1.09 bits per heavy atom. The third kappa shape index (κ3) is 6.13. The summed E-state index contributed by atoms with van der Waals surface area (Å²) in [7, 11) is 0. The van der Waals surface area contributed by atoms with Crippen LogP contribution in [0.25, 0.3) is 0 Å². The van der Waals surface area contributed by atoms with Gasteiger partial charge in [0.1, 0.15) is 5.03 Å². The van der Waals surface area contributed by atoms with Crippen molar-refractivity contribution in [1.82, 2.24) is 25.3 Å². The molecule has 0 spiro atoms. The molecule has 0 bridgehead atoms. The summed E-state index contributed by atoms with van der Waals surface area (Å²) >= 11 is 12.3. The van der Waals surface area contributed by atoms with E-state index in [0.717, 1.165) is 49.1 Å². The van der Waals surface area contributed by atoms with E-state index >= 15 is 0 Å².